The summed E-state index contributed by atoms with van der Waals surface area (Å²) in [5, 5.41) is 3.24. The molecule has 3 aliphatic heterocycles. The van der Waals surface area contributed by atoms with Gasteiger partial charge >= 0.3 is 6.03 Å². The zero-order chi connectivity index (χ0) is 23.8. The van der Waals surface area contributed by atoms with Crippen molar-refractivity contribution in [2.75, 3.05) is 33.2 Å². The highest BCUT2D eigenvalue weighted by molar-refractivity contribution is 6.30. The van der Waals surface area contributed by atoms with Gasteiger partial charge in [-0.2, -0.15) is 0 Å². The third-order valence-electron chi connectivity index (χ3n) is 6.89. The average Bonchev–Trinajstić information content (AvgIpc) is 3.19. The van der Waals surface area contributed by atoms with Crippen molar-refractivity contribution in [3.05, 3.63) is 70.2 Å². The van der Waals surface area contributed by atoms with Crippen molar-refractivity contribution in [2.45, 2.75) is 32.2 Å². The van der Waals surface area contributed by atoms with Crippen LogP contribution in [-0.2, 0) is 17.9 Å². The molecule has 3 heterocycles. The van der Waals surface area contributed by atoms with Crippen molar-refractivity contribution in [3.63, 3.8) is 0 Å². The van der Waals surface area contributed by atoms with E-state index in [-0.39, 0.29) is 5.91 Å². The van der Waals surface area contributed by atoms with E-state index in [1.54, 1.807) is 7.05 Å². The molecule has 3 amide bonds. The number of amides is 3. The number of hydrogen-bond donors (Lipinski definition) is 1. The topological polar surface area (TPSA) is 71.5 Å². The molecule has 34 heavy (non-hydrogen) atoms. The van der Waals surface area contributed by atoms with Gasteiger partial charge in [0.05, 0.1) is 0 Å². The maximum Gasteiger partial charge on any atom is 0.325 e. The van der Waals surface area contributed by atoms with E-state index in [0.717, 1.165) is 54.8 Å². The molecule has 0 aromatic heterocycles. The number of nitrogens with zero attached hydrogens (tertiary/aromatic N) is 5. The second-order valence-corrected chi connectivity index (χ2v) is 9.58. The van der Waals surface area contributed by atoms with E-state index < -0.39 is 18.2 Å². The molecule has 5 rings (SSSR count). The molecular weight excluding hydrogens is 452 g/mol. The van der Waals surface area contributed by atoms with Crippen LogP contribution >= 0.6 is 11.6 Å². The number of imide groups is 1. The van der Waals surface area contributed by atoms with Crippen LogP contribution in [0.1, 0.15) is 16.7 Å². The molecule has 9 heteroatoms. The molecule has 3 aliphatic rings. The number of nitrogens with one attached hydrogen (secondary N) is 1. The lowest BCUT2D eigenvalue weighted by Gasteiger charge is -2.40. The molecule has 0 radical (unpaired) electrons. The first-order valence-corrected chi connectivity index (χ1v) is 12.0. The van der Waals surface area contributed by atoms with E-state index in [1.807, 2.05) is 30.3 Å². The van der Waals surface area contributed by atoms with Gasteiger partial charge in [-0.05, 0) is 35.7 Å². The van der Waals surface area contributed by atoms with Crippen LogP contribution in [0.3, 0.4) is 0 Å². The molecule has 2 fully saturated rings. The summed E-state index contributed by atoms with van der Waals surface area (Å²) >= 11 is 6.15. The number of piperazine rings is 1. The number of hydrogen-bond acceptors (Lipinski definition) is 6. The zero-order valence-corrected chi connectivity index (χ0v) is 20.2. The fourth-order valence-electron chi connectivity index (χ4n) is 4.91. The maximum atomic E-state index is 12.9. The Morgan fingerprint density at radius 3 is 2.53 bits per heavy atom. The zero-order valence-electron chi connectivity index (χ0n) is 19.4. The first-order valence-electron chi connectivity index (χ1n) is 11.6. The third kappa shape index (κ3) is 4.35. The van der Waals surface area contributed by atoms with Gasteiger partial charge in [-0.1, -0.05) is 48.0 Å². The van der Waals surface area contributed by atoms with Crippen LogP contribution in [0, 0.1) is 6.92 Å². The van der Waals surface area contributed by atoms with Crippen molar-refractivity contribution in [2.24, 2.45) is 4.99 Å². The highest BCUT2D eigenvalue weighted by Gasteiger charge is 2.49. The van der Waals surface area contributed by atoms with E-state index in [2.05, 4.69) is 45.1 Å². The standard InChI is InChI=1S/C25H29ClN6O2/c1-17-6-3-4-8-19(17)16-32-21-22(29(2)25(34)28-23(21)33)27-24(32)31-12-10-30(11-13-31)15-18-7-5-9-20(26)14-18/h3-9,14,21-22H,10-13,15-16H2,1-2H3,(H,28,33,34). The Balaban J connectivity index is 1.35. The molecule has 2 unspecified atom stereocenters. The predicted molar refractivity (Wildman–Crippen MR) is 131 cm³/mol. The summed E-state index contributed by atoms with van der Waals surface area (Å²) < 4.78 is 0. The molecule has 0 saturated carbocycles. The van der Waals surface area contributed by atoms with Gasteiger partial charge in [0.1, 0.15) is 0 Å². The van der Waals surface area contributed by atoms with E-state index in [0.29, 0.717) is 6.54 Å². The summed E-state index contributed by atoms with van der Waals surface area (Å²) in [4.78, 5) is 38.3. The molecule has 8 nitrogen and oxygen atoms in total. The normalized spacial score (nSPS) is 23.1. The molecule has 178 valence electrons. The number of guanidine groups is 1. The van der Waals surface area contributed by atoms with Gasteiger partial charge < -0.3 is 14.7 Å². The highest BCUT2D eigenvalue weighted by atomic mass is 35.5. The molecule has 2 atom stereocenters. The van der Waals surface area contributed by atoms with Gasteiger partial charge in [0, 0.05) is 51.3 Å². The summed E-state index contributed by atoms with van der Waals surface area (Å²) in [6, 6.07) is 15.2. The number of likely N-dealkylation sites (N-methyl/N-ethyl adjacent to an activating group) is 1. The predicted octanol–water partition coefficient (Wildman–Crippen LogP) is 2.51. The number of halogens is 1. The Morgan fingerprint density at radius 2 is 1.79 bits per heavy atom. The van der Waals surface area contributed by atoms with Crippen molar-refractivity contribution >= 4 is 29.5 Å². The SMILES string of the molecule is Cc1ccccc1CN1C(N2CCN(Cc3cccc(Cl)c3)CC2)=NC2C1C(=O)NC(=O)N2C. The second-order valence-electron chi connectivity index (χ2n) is 9.14. The number of rotatable bonds is 4. The van der Waals surface area contributed by atoms with Gasteiger partial charge in [0.15, 0.2) is 18.2 Å². The second kappa shape index (κ2) is 9.27. The minimum absolute atomic E-state index is 0.292. The third-order valence-corrected chi connectivity index (χ3v) is 7.13. The molecule has 2 aromatic rings. The Labute approximate surface area is 204 Å². The maximum absolute atomic E-state index is 12.9. The van der Waals surface area contributed by atoms with Crippen molar-refractivity contribution in [1.82, 2.24) is 24.9 Å². The number of aliphatic imine (C=N–C) groups is 1. The van der Waals surface area contributed by atoms with E-state index in [9.17, 15) is 9.59 Å². The molecule has 2 saturated heterocycles. The molecule has 2 aromatic carbocycles. The smallest absolute Gasteiger partial charge is 0.325 e. The number of urea groups is 1. The summed E-state index contributed by atoms with van der Waals surface area (Å²) in [5.74, 6) is 0.498. The minimum atomic E-state index is -0.540. The largest absolute Gasteiger partial charge is 0.340 e. The lowest BCUT2D eigenvalue weighted by molar-refractivity contribution is -0.127. The quantitative estimate of drug-likeness (QED) is 0.728. The fourth-order valence-corrected chi connectivity index (χ4v) is 5.13. The van der Waals surface area contributed by atoms with Crippen LogP contribution in [0.5, 0.6) is 0 Å². The van der Waals surface area contributed by atoms with Crippen LogP contribution in [0.4, 0.5) is 4.79 Å². The Kier molecular flexibility index (Phi) is 6.18. The summed E-state index contributed by atoms with van der Waals surface area (Å²) in [6.07, 6.45) is -0.523. The van der Waals surface area contributed by atoms with E-state index in [1.165, 1.54) is 10.5 Å². The van der Waals surface area contributed by atoms with E-state index >= 15 is 0 Å². The highest BCUT2D eigenvalue weighted by Crippen LogP contribution is 2.28. The van der Waals surface area contributed by atoms with Crippen LogP contribution in [0.2, 0.25) is 5.02 Å². The number of benzene rings is 2. The van der Waals surface area contributed by atoms with Crippen molar-refractivity contribution in [1.29, 1.82) is 0 Å². The van der Waals surface area contributed by atoms with Gasteiger partial charge in [-0.3, -0.25) is 15.0 Å². The molecular formula is C25H29ClN6O2. The number of aryl methyl sites for hydroxylation is 1. The molecule has 0 aliphatic carbocycles. The van der Waals surface area contributed by atoms with Gasteiger partial charge in [0.25, 0.3) is 5.91 Å². The lowest BCUT2D eigenvalue weighted by Crippen LogP contribution is -2.64. The van der Waals surface area contributed by atoms with Gasteiger partial charge in [-0.25, -0.2) is 9.79 Å². The van der Waals surface area contributed by atoms with Crippen LogP contribution in [-0.4, -0.2) is 82.9 Å². The van der Waals surface area contributed by atoms with Crippen molar-refractivity contribution in [3.8, 4) is 0 Å². The summed E-state index contributed by atoms with van der Waals surface area (Å²) in [5.41, 5.74) is 3.50. The molecule has 1 N–H and O–H groups in total. The number of carbonyl (C=O) groups excluding carboxylic acids is 2. The minimum Gasteiger partial charge on any atom is -0.340 e. The Bertz CT molecular complexity index is 1130. The van der Waals surface area contributed by atoms with Gasteiger partial charge in [0.2, 0.25) is 0 Å². The summed E-state index contributed by atoms with van der Waals surface area (Å²) in [7, 11) is 1.70. The summed E-state index contributed by atoms with van der Waals surface area (Å²) in [6.45, 7) is 6.82. The van der Waals surface area contributed by atoms with Crippen molar-refractivity contribution < 1.29 is 9.59 Å². The molecule has 0 bridgehead atoms. The van der Waals surface area contributed by atoms with Crippen LogP contribution in [0.25, 0.3) is 0 Å². The number of fused-ring (bicyclic) bond motifs is 1. The van der Waals surface area contributed by atoms with E-state index in [4.69, 9.17) is 16.6 Å². The lowest BCUT2D eigenvalue weighted by atomic mass is 10.1. The Morgan fingerprint density at radius 1 is 1.03 bits per heavy atom. The van der Waals surface area contributed by atoms with Gasteiger partial charge in [-0.15, -0.1) is 0 Å². The first-order chi connectivity index (χ1) is 16.4. The number of carbonyl (C=O) groups is 2. The Hall–Kier alpha value is -3.10. The average molecular weight is 481 g/mol. The first kappa shape index (κ1) is 22.7. The monoisotopic (exact) mass is 480 g/mol. The van der Waals surface area contributed by atoms with Crippen LogP contribution < -0.4 is 5.32 Å². The van der Waals surface area contributed by atoms with Crippen LogP contribution in [0.15, 0.2) is 53.5 Å². The fraction of sp³-hybridized carbons (Fsp3) is 0.400. The molecule has 0 spiro atoms.